The molecule has 3 aromatic heterocycles. The van der Waals surface area contributed by atoms with E-state index in [1.54, 1.807) is 50.4 Å². The zero-order chi connectivity index (χ0) is 26.9. The minimum atomic E-state index is -4.68. The Labute approximate surface area is 215 Å². The molecule has 0 atom stereocenters. The van der Waals surface area contributed by atoms with Crippen molar-refractivity contribution in [2.75, 3.05) is 4.90 Å². The second-order valence-corrected chi connectivity index (χ2v) is 8.64. The molecule has 0 aliphatic carbocycles. The molecule has 3 heterocycles. The molecular formula is C27H20ClF3N4O2. The summed E-state index contributed by atoms with van der Waals surface area (Å²) in [5, 5.41) is 0.336. The van der Waals surface area contributed by atoms with Gasteiger partial charge in [0.2, 0.25) is 0 Å². The van der Waals surface area contributed by atoms with E-state index in [9.17, 15) is 22.8 Å². The fraction of sp³-hybridized carbons (Fsp3) is 0.148. The molecule has 0 saturated heterocycles. The van der Waals surface area contributed by atoms with Crippen molar-refractivity contribution in [2.45, 2.75) is 26.9 Å². The summed E-state index contributed by atoms with van der Waals surface area (Å²) in [5.41, 5.74) is 0.888. The number of hydrogen-bond donors (Lipinski definition) is 0. The van der Waals surface area contributed by atoms with Gasteiger partial charge in [0, 0.05) is 17.5 Å². The van der Waals surface area contributed by atoms with Crippen molar-refractivity contribution in [2.24, 2.45) is 0 Å². The SMILES string of the molecule is Cc1ccc(C(=O)N(C(=O)c2ccc(C(F)(F)F)nc2C)c2ccc(Cl)c(-c3ccccn3)c2)c(C)n1. The molecule has 0 aliphatic rings. The van der Waals surface area contributed by atoms with Crippen LogP contribution < -0.4 is 4.90 Å². The van der Waals surface area contributed by atoms with E-state index in [0.29, 0.717) is 33.7 Å². The summed E-state index contributed by atoms with van der Waals surface area (Å²) in [6.07, 6.45) is -3.11. The molecule has 0 aliphatic heterocycles. The average Bonchev–Trinajstić information content (AvgIpc) is 2.85. The molecule has 1 aromatic carbocycles. The minimum absolute atomic E-state index is 0.152. The topological polar surface area (TPSA) is 76.1 Å². The number of halogens is 4. The summed E-state index contributed by atoms with van der Waals surface area (Å²) in [4.78, 5) is 40.6. The maximum Gasteiger partial charge on any atom is 0.433 e. The third kappa shape index (κ3) is 5.36. The highest BCUT2D eigenvalue weighted by Crippen LogP contribution is 2.33. The molecule has 10 heteroatoms. The first-order valence-electron chi connectivity index (χ1n) is 11.1. The van der Waals surface area contributed by atoms with Gasteiger partial charge in [0.15, 0.2) is 0 Å². The molecule has 0 fully saturated rings. The molecule has 4 aromatic rings. The maximum absolute atomic E-state index is 13.8. The number of hydrogen-bond acceptors (Lipinski definition) is 5. The quantitative estimate of drug-likeness (QED) is 0.280. The van der Waals surface area contributed by atoms with Crippen LogP contribution in [-0.4, -0.2) is 26.8 Å². The van der Waals surface area contributed by atoms with Gasteiger partial charge in [-0.05, 0) is 75.4 Å². The molecule has 2 amide bonds. The highest BCUT2D eigenvalue weighted by molar-refractivity contribution is 6.33. The second kappa shape index (κ2) is 10.1. The number of aryl methyl sites for hydroxylation is 3. The van der Waals surface area contributed by atoms with Gasteiger partial charge in [-0.3, -0.25) is 19.6 Å². The van der Waals surface area contributed by atoms with Crippen molar-refractivity contribution in [3.05, 3.63) is 106 Å². The number of aromatic nitrogens is 3. The Balaban J connectivity index is 1.88. The first-order chi connectivity index (χ1) is 17.5. The van der Waals surface area contributed by atoms with Gasteiger partial charge in [0.05, 0.1) is 38.9 Å². The van der Waals surface area contributed by atoms with Gasteiger partial charge >= 0.3 is 6.18 Å². The maximum atomic E-state index is 13.8. The summed E-state index contributed by atoms with van der Waals surface area (Å²) >= 11 is 6.40. The monoisotopic (exact) mass is 524 g/mol. The second-order valence-electron chi connectivity index (χ2n) is 8.24. The van der Waals surface area contributed by atoms with E-state index in [4.69, 9.17) is 11.6 Å². The van der Waals surface area contributed by atoms with Crippen molar-refractivity contribution in [1.82, 2.24) is 15.0 Å². The van der Waals surface area contributed by atoms with Gasteiger partial charge in [0.25, 0.3) is 11.8 Å². The van der Waals surface area contributed by atoms with Crippen molar-refractivity contribution in [1.29, 1.82) is 0 Å². The van der Waals surface area contributed by atoms with E-state index < -0.39 is 23.7 Å². The summed E-state index contributed by atoms with van der Waals surface area (Å²) in [6, 6.07) is 14.7. The van der Waals surface area contributed by atoms with Crippen LogP contribution in [0.4, 0.5) is 18.9 Å². The van der Waals surface area contributed by atoms with E-state index >= 15 is 0 Å². The highest BCUT2D eigenvalue weighted by Gasteiger charge is 2.34. The Morgan fingerprint density at radius 1 is 0.838 bits per heavy atom. The van der Waals surface area contributed by atoms with Crippen molar-refractivity contribution < 1.29 is 22.8 Å². The lowest BCUT2D eigenvalue weighted by molar-refractivity contribution is -0.141. The molecule has 0 N–H and O–H groups in total. The molecular weight excluding hydrogens is 505 g/mol. The van der Waals surface area contributed by atoms with E-state index in [1.807, 2.05) is 0 Å². The smallest absolute Gasteiger partial charge is 0.268 e. The Kier molecular flexibility index (Phi) is 7.09. The van der Waals surface area contributed by atoms with Crippen LogP contribution in [-0.2, 0) is 6.18 Å². The molecule has 188 valence electrons. The predicted octanol–water partition coefficient (Wildman–Crippen LogP) is 6.62. The van der Waals surface area contributed by atoms with Gasteiger partial charge in [-0.1, -0.05) is 17.7 Å². The molecule has 0 saturated carbocycles. The predicted molar refractivity (Wildman–Crippen MR) is 134 cm³/mol. The third-order valence-corrected chi connectivity index (χ3v) is 5.95. The molecule has 4 rings (SSSR count). The lowest BCUT2D eigenvalue weighted by atomic mass is 10.1. The molecule has 0 radical (unpaired) electrons. The number of anilines is 1. The van der Waals surface area contributed by atoms with Crippen molar-refractivity contribution in [3.8, 4) is 11.3 Å². The first kappa shape index (κ1) is 26.0. The Bertz CT molecular complexity index is 1510. The van der Waals surface area contributed by atoms with Crippen LogP contribution in [0.2, 0.25) is 5.02 Å². The lowest BCUT2D eigenvalue weighted by Crippen LogP contribution is -2.38. The van der Waals surface area contributed by atoms with Crippen LogP contribution in [0.5, 0.6) is 0 Å². The van der Waals surface area contributed by atoms with E-state index in [2.05, 4.69) is 15.0 Å². The number of rotatable bonds is 4. The number of carbonyl (C=O) groups is 2. The zero-order valence-electron chi connectivity index (χ0n) is 20.0. The Hall–Kier alpha value is -4.11. The standard InChI is InChI=1S/C27H20ClF3N4O2/c1-15-7-9-19(16(2)33-15)25(36)35(26(37)20-10-12-24(27(29,30)31)34-17(20)3)18-8-11-22(28)21(14-18)23-6-4-5-13-32-23/h4-14H,1-3H3. The van der Waals surface area contributed by atoms with Crippen molar-refractivity contribution in [3.63, 3.8) is 0 Å². The molecule has 37 heavy (non-hydrogen) atoms. The first-order valence-corrected chi connectivity index (χ1v) is 11.4. The normalized spacial score (nSPS) is 11.3. The van der Waals surface area contributed by atoms with E-state index in [1.165, 1.54) is 25.1 Å². The molecule has 0 bridgehead atoms. The summed E-state index contributed by atoms with van der Waals surface area (Å²) in [7, 11) is 0. The number of alkyl halides is 3. The number of amides is 2. The van der Waals surface area contributed by atoms with E-state index in [-0.39, 0.29) is 22.5 Å². The van der Waals surface area contributed by atoms with Gasteiger partial charge in [-0.2, -0.15) is 13.2 Å². The van der Waals surface area contributed by atoms with Crippen LogP contribution in [0.1, 0.15) is 43.5 Å². The molecule has 0 spiro atoms. The zero-order valence-corrected chi connectivity index (χ0v) is 20.7. The summed E-state index contributed by atoms with van der Waals surface area (Å²) in [5.74, 6) is -1.55. The summed E-state index contributed by atoms with van der Waals surface area (Å²) in [6.45, 7) is 4.68. The Morgan fingerprint density at radius 2 is 1.49 bits per heavy atom. The third-order valence-electron chi connectivity index (χ3n) is 5.62. The van der Waals surface area contributed by atoms with Gasteiger partial charge < -0.3 is 0 Å². The fourth-order valence-corrected chi connectivity index (χ4v) is 4.01. The number of nitrogens with zero attached hydrogens (tertiary/aromatic N) is 4. The van der Waals surface area contributed by atoms with Gasteiger partial charge in [-0.15, -0.1) is 0 Å². The number of carbonyl (C=O) groups excluding carboxylic acids is 2. The van der Waals surface area contributed by atoms with Crippen LogP contribution in [0.15, 0.2) is 66.9 Å². The summed E-state index contributed by atoms with van der Waals surface area (Å²) < 4.78 is 39.5. The number of pyridine rings is 3. The molecule has 6 nitrogen and oxygen atoms in total. The largest absolute Gasteiger partial charge is 0.433 e. The van der Waals surface area contributed by atoms with Crippen LogP contribution >= 0.6 is 11.6 Å². The van der Waals surface area contributed by atoms with E-state index in [0.717, 1.165) is 11.0 Å². The minimum Gasteiger partial charge on any atom is -0.268 e. The van der Waals surface area contributed by atoms with Crippen LogP contribution in [0, 0.1) is 20.8 Å². The Morgan fingerprint density at radius 3 is 2.05 bits per heavy atom. The average molecular weight is 525 g/mol. The van der Waals surface area contributed by atoms with Gasteiger partial charge in [0.1, 0.15) is 5.69 Å². The fourth-order valence-electron chi connectivity index (χ4n) is 3.80. The molecule has 0 unspecified atom stereocenters. The lowest BCUT2D eigenvalue weighted by Gasteiger charge is -2.23. The number of imide groups is 1. The van der Waals surface area contributed by atoms with Gasteiger partial charge in [-0.25, -0.2) is 9.88 Å². The number of benzene rings is 1. The van der Waals surface area contributed by atoms with Crippen LogP contribution in [0.3, 0.4) is 0 Å². The van der Waals surface area contributed by atoms with Crippen molar-refractivity contribution >= 4 is 29.1 Å². The van der Waals surface area contributed by atoms with Crippen LogP contribution in [0.25, 0.3) is 11.3 Å². The highest BCUT2D eigenvalue weighted by atomic mass is 35.5.